The topological polar surface area (TPSA) is 155 Å². The molecule has 2 aliphatic heterocycles. The van der Waals surface area contributed by atoms with E-state index in [0.717, 1.165) is 10.8 Å². The van der Waals surface area contributed by atoms with Crippen LogP contribution in [0.15, 0.2) is 21.9 Å². The summed E-state index contributed by atoms with van der Waals surface area (Å²) in [6.07, 6.45) is -0.623. The van der Waals surface area contributed by atoms with Gasteiger partial charge in [-0.25, -0.2) is 4.79 Å². The lowest BCUT2D eigenvalue weighted by molar-refractivity contribution is -0.116. The summed E-state index contributed by atoms with van der Waals surface area (Å²) < 4.78 is 56.6. The summed E-state index contributed by atoms with van der Waals surface area (Å²) in [5.41, 5.74) is -2.98. The Labute approximate surface area is 239 Å². The van der Waals surface area contributed by atoms with E-state index in [1.165, 1.54) is 12.3 Å². The summed E-state index contributed by atoms with van der Waals surface area (Å²) in [4.78, 5) is 26.9. The average molecular weight is 623 g/mol. The number of hydrogen-bond acceptors (Lipinski definition) is 10. The Hall–Kier alpha value is -1.18. The fourth-order valence-corrected chi connectivity index (χ4v) is 17.7. The van der Waals surface area contributed by atoms with E-state index >= 15 is 0 Å². The third kappa shape index (κ3) is 6.42. The Morgan fingerprint density at radius 1 is 1.07 bits per heavy atom. The summed E-state index contributed by atoms with van der Waals surface area (Å²) >= 11 is 0. The van der Waals surface area contributed by atoms with E-state index in [9.17, 15) is 23.1 Å². The number of aliphatic hydroxyl groups is 1. The van der Waals surface area contributed by atoms with Gasteiger partial charge in [-0.3, -0.25) is 18.5 Å². The van der Waals surface area contributed by atoms with Crippen LogP contribution in [-0.4, -0.2) is 77.5 Å². The van der Waals surface area contributed by atoms with Crippen molar-refractivity contribution in [1.82, 2.24) is 9.55 Å². The van der Waals surface area contributed by atoms with Crippen LogP contribution in [0.5, 0.6) is 0 Å². The van der Waals surface area contributed by atoms with Crippen molar-refractivity contribution in [3.8, 4) is 0 Å². The van der Waals surface area contributed by atoms with Gasteiger partial charge >= 0.3 is 22.8 Å². The number of aromatic amines is 1. The van der Waals surface area contributed by atoms with Crippen LogP contribution in [-0.2, 0) is 32.0 Å². The molecular formula is C25H46N2O10SSi2. The highest BCUT2D eigenvalue weighted by Crippen LogP contribution is 2.51. The van der Waals surface area contributed by atoms with E-state index in [1.54, 1.807) is 0 Å². The highest BCUT2D eigenvalue weighted by molar-refractivity contribution is 7.85. The Morgan fingerprint density at radius 3 is 2.15 bits per heavy atom. The summed E-state index contributed by atoms with van der Waals surface area (Å²) in [5, 5.41) is 12.4. The summed E-state index contributed by atoms with van der Waals surface area (Å²) in [6.45, 7) is 16.5. The molecule has 0 aliphatic carbocycles. The van der Waals surface area contributed by atoms with Crippen molar-refractivity contribution in [2.45, 2.75) is 114 Å². The molecule has 230 valence electrons. The molecule has 0 aromatic carbocycles. The van der Waals surface area contributed by atoms with Crippen LogP contribution >= 0.6 is 0 Å². The number of fused-ring (bicyclic) bond motifs is 1. The van der Waals surface area contributed by atoms with Gasteiger partial charge < -0.3 is 22.8 Å². The highest BCUT2D eigenvalue weighted by atomic mass is 32.2. The lowest BCUT2D eigenvalue weighted by Crippen LogP contribution is -2.67. The molecule has 3 heterocycles. The minimum atomic E-state index is -3.69. The SMILES string of the molecule is CC(C)[Si]1(C(C)C)OC[C@H]2O[C@@H](n3ccc(=O)[nH]c3=O)[C@](O)(CCCOS(C)(=O)=O)[C@@H]2O[Si](C(C)C)(C(C)C)O1. The first-order chi connectivity index (χ1) is 18.4. The van der Waals surface area contributed by atoms with Gasteiger partial charge in [0, 0.05) is 12.3 Å². The predicted molar refractivity (Wildman–Crippen MR) is 154 cm³/mol. The second-order valence-electron chi connectivity index (χ2n) is 12.2. The zero-order valence-electron chi connectivity index (χ0n) is 25.0. The molecule has 2 N–H and O–H groups in total. The van der Waals surface area contributed by atoms with E-state index in [2.05, 4.69) is 60.4 Å². The van der Waals surface area contributed by atoms with Crippen LogP contribution < -0.4 is 11.2 Å². The van der Waals surface area contributed by atoms with Gasteiger partial charge in [0.05, 0.1) is 19.5 Å². The number of aromatic nitrogens is 2. The zero-order valence-corrected chi connectivity index (χ0v) is 27.8. The van der Waals surface area contributed by atoms with Crippen LogP contribution in [0, 0.1) is 0 Å². The minimum Gasteiger partial charge on any atom is -0.414 e. The molecule has 1 aromatic rings. The number of hydrogen-bond donors (Lipinski definition) is 2. The molecule has 0 bridgehead atoms. The molecule has 3 rings (SSSR count). The molecule has 2 saturated heterocycles. The van der Waals surface area contributed by atoms with Gasteiger partial charge in [0.15, 0.2) is 6.23 Å². The lowest BCUT2D eigenvalue weighted by atomic mass is 9.89. The lowest BCUT2D eigenvalue weighted by Gasteiger charge is -2.52. The van der Waals surface area contributed by atoms with Crippen molar-refractivity contribution < 1.29 is 35.4 Å². The molecule has 0 amide bonds. The molecule has 12 nitrogen and oxygen atoms in total. The van der Waals surface area contributed by atoms with Gasteiger partial charge in [0.2, 0.25) is 0 Å². The molecule has 2 fully saturated rings. The normalized spacial score (nSPS) is 28.7. The van der Waals surface area contributed by atoms with Crippen LogP contribution in [0.25, 0.3) is 0 Å². The second kappa shape index (κ2) is 12.2. The van der Waals surface area contributed by atoms with Crippen molar-refractivity contribution in [3.63, 3.8) is 0 Å². The van der Waals surface area contributed by atoms with E-state index in [0.29, 0.717) is 0 Å². The Balaban J connectivity index is 2.16. The van der Waals surface area contributed by atoms with Gasteiger partial charge in [0.25, 0.3) is 15.7 Å². The third-order valence-corrected chi connectivity index (χ3v) is 18.8. The number of rotatable bonds is 10. The van der Waals surface area contributed by atoms with Crippen molar-refractivity contribution in [2.75, 3.05) is 19.5 Å². The maximum atomic E-state index is 12.9. The first kappa shape index (κ1) is 33.3. The standard InChI is InChI=1S/C25H46N2O10SSi2/c1-16(2)39(17(3)4)34-15-20-22(36-40(37-39,18(5)6)19(7)8)25(30,12-10-14-33-38(9,31)32)23(35-20)27-13-11-21(28)26-24(27)29/h11,13,16-20,22-23,30H,10,12,14-15H2,1-9H3,(H,26,28,29)/t20-,22-,23-,25+/m1/s1. The smallest absolute Gasteiger partial charge is 0.335 e. The molecule has 0 spiro atoms. The van der Waals surface area contributed by atoms with Gasteiger partial charge in [-0.05, 0) is 35.0 Å². The molecule has 4 atom stereocenters. The fourth-order valence-electron chi connectivity index (χ4n) is 6.00. The molecule has 2 aliphatic rings. The van der Waals surface area contributed by atoms with E-state index in [4.69, 9.17) is 21.9 Å². The van der Waals surface area contributed by atoms with E-state index in [1.807, 2.05) is 0 Å². The maximum absolute atomic E-state index is 12.9. The number of nitrogens with zero attached hydrogens (tertiary/aromatic N) is 1. The van der Waals surface area contributed by atoms with Gasteiger partial charge in [-0.15, -0.1) is 0 Å². The maximum Gasteiger partial charge on any atom is 0.335 e. The minimum absolute atomic E-state index is 0.0163. The third-order valence-electron chi connectivity index (χ3n) is 8.01. The van der Waals surface area contributed by atoms with Crippen LogP contribution in [0.1, 0.15) is 74.5 Å². The predicted octanol–water partition coefficient (Wildman–Crippen LogP) is 2.88. The van der Waals surface area contributed by atoms with Gasteiger partial charge in [-0.1, -0.05) is 55.4 Å². The molecule has 15 heteroatoms. The monoisotopic (exact) mass is 622 g/mol. The molecule has 0 radical (unpaired) electrons. The Bertz CT molecular complexity index is 1230. The van der Waals surface area contributed by atoms with Crippen LogP contribution in [0.2, 0.25) is 22.2 Å². The zero-order chi connectivity index (χ0) is 30.3. The number of nitrogens with one attached hydrogen (secondary N) is 1. The first-order valence-electron chi connectivity index (χ1n) is 13.9. The van der Waals surface area contributed by atoms with Crippen molar-refractivity contribution >= 4 is 27.2 Å². The quantitative estimate of drug-likeness (QED) is 0.226. The average Bonchev–Trinajstić information content (AvgIpc) is 3.06. The van der Waals surface area contributed by atoms with E-state index < -0.39 is 62.5 Å². The van der Waals surface area contributed by atoms with Gasteiger partial charge in [-0.2, -0.15) is 8.42 Å². The molecule has 1 aromatic heterocycles. The van der Waals surface area contributed by atoms with E-state index in [-0.39, 0.29) is 48.2 Å². The first-order valence-corrected chi connectivity index (χ1v) is 19.7. The van der Waals surface area contributed by atoms with Crippen molar-refractivity contribution in [1.29, 1.82) is 0 Å². The second-order valence-corrected chi connectivity index (χ2v) is 22.7. The van der Waals surface area contributed by atoms with Crippen LogP contribution in [0.3, 0.4) is 0 Å². The summed E-state index contributed by atoms with van der Waals surface area (Å²) in [5.74, 6) is 0. The number of H-pyrrole nitrogens is 1. The number of ether oxygens (including phenoxy) is 1. The summed E-state index contributed by atoms with van der Waals surface area (Å²) in [7, 11) is -9.74. The molecule has 0 saturated carbocycles. The molecular weight excluding hydrogens is 577 g/mol. The molecule has 0 unspecified atom stereocenters. The Kier molecular flexibility index (Phi) is 10.2. The van der Waals surface area contributed by atoms with Crippen molar-refractivity contribution in [2.24, 2.45) is 0 Å². The van der Waals surface area contributed by atoms with Crippen molar-refractivity contribution in [3.05, 3.63) is 33.1 Å². The van der Waals surface area contributed by atoms with Crippen LogP contribution in [0.4, 0.5) is 0 Å². The highest BCUT2D eigenvalue weighted by Gasteiger charge is 2.65. The summed E-state index contributed by atoms with van der Waals surface area (Å²) in [6, 6.07) is 1.18. The fraction of sp³-hybridized carbons (Fsp3) is 0.840. The molecule has 40 heavy (non-hydrogen) atoms. The Morgan fingerprint density at radius 2 is 1.65 bits per heavy atom. The largest absolute Gasteiger partial charge is 0.414 e. The van der Waals surface area contributed by atoms with Gasteiger partial charge in [0.1, 0.15) is 17.8 Å².